The maximum absolute atomic E-state index is 13.1. The number of benzene rings is 1. The Kier molecular flexibility index (Phi) is 3.65. The van der Waals surface area contributed by atoms with Crippen LogP contribution in [0.4, 0.5) is 4.39 Å². The van der Waals surface area contributed by atoms with Crippen molar-refractivity contribution in [2.45, 2.75) is 6.54 Å². The zero-order chi connectivity index (χ0) is 12.3. The molecule has 0 aliphatic rings. The molecule has 0 saturated carbocycles. The van der Waals surface area contributed by atoms with Crippen molar-refractivity contribution in [2.75, 3.05) is 0 Å². The maximum atomic E-state index is 13.1. The normalized spacial score (nSPS) is 10.3. The van der Waals surface area contributed by atoms with Crippen LogP contribution in [0.5, 0.6) is 11.6 Å². The number of halogens is 2. The zero-order valence-electron chi connectivity index (χ0n) is 8.73. The minimum atomic E-state index is -0.396. The Morgan fingerprint density at radius 1 is 1.35 bits per heavy atom. The van der Waals surface area contributed by atoms with Crippen LogP contribution in [0, 0.1) is 5.82 Å². The zero-order valence-corrected chi connectivity index (χ0v) is 10.3. The molecule has 4 nitrogen and oxygen atoms in total. The summed E-state index contributed by atoms with van der Waals surface area (Å²) < 4.78 is 19.2. The fourth-order valence-corrected chi connectivity index (χ4v) is 1.73. The van der Waals surface area contributed by atoms with Crippen molar-refractivity contribution in [3.05, 3.63) is 46.3 Å². The second-order valence-electron chi connectivity index (χ2n) is 3.27. The van der Waals surface area contributed by atoms with E-state index in [1.54, 1.807) is 12.1 Å². The second-order valence-corrected chi connectivity index (χ2v) is 4.19. The third kappa shape index (κ3) is 2.98. The van der Waals surface area contributed by atoms with Crippen molar-refractivity contribution in [1.82, 2.24) is 10.2 Å². The van der Waals surface area contributed by atoms with Crippen molar-refractivity contribution in [3.63, 3.8) is 0 Å². The summed E-state index contributed by atoms with van der Waals surface area (Å²) in [7, 11) is 0. The van der Waals surface area contributed by atoms with Gasteiger partial charge < -0.3 is 10.5 Å². The highest BCUT2D eigenvalue weighted by atomic mass is 79.9. The molecule has 0 atom stereocenters. The molecule has 2 rings (SSSR count). The standard InChI is InChI=1S/C11H9BrFN3O/c12-8-3-9(13)5-10(4-8)17-11-7(6-14)1-2-15-16-11/h1-5H,6,14H2. The third-order valence-electron chi connectivity index (χ3n) is 2.04. The van der Waals surface area contributed by atoms with E-state index in [1.807, 2.05) is 0 Å². The number of hydrogen-bond acceptors (Lipinski definition) is 4. The van der Waals surface area contributed by atoms with Gasteiger partial charge in [0.15, 0.2) is 0 Å². The molecule has 17 heavy (non-hydrogen) atoms. The Labute approximate surface area is 106 Å². The summed E-state index contributed by atoms with van der Waals surface area (Å²) >= 11 is 3.18. The number of ether oxygens (including phenoxy) is 1. The molecule has 0 radical (unpaired) electrons. The number of hydrogen-bond donors (Lipinski definition) is 1. The first-order chi connectivity index (χ1) is 8.19. The first-order valence-electron chi connectivity index (χ1n) is 4.83. The smallest absolute Gasteiger partial charge is 0.243 e. The van der Waals surface area contributed by atoms with Crippen LogP contribution in [0.2, 0.25) is 0 Å². The SMILES string of the molecule is NCc1ccnnc1Oc1cc(F)cc(Br)c1. The highest BCUT2D eigenvalue weighted by molar-refractivity contribution is 9.10. The average Bonchev–Trinajstić information content (AvgIpc) is 2.28. The van der Waals surface area contributed by atoms with Crippen LogP contribution in [0.25, 0.3) is 0 Å². The third-order valence-corrected chi connectivity index (χ3v) is 2.49. The van der Waals surface area contributed by atoms with Crippen LogP contribution in [-0.2, 0) is 6.54 Å². The van der Waals surface area contributed by atoms with Gasteiger partial charge in [-0.05, 0) is 18.2 Å². The summed E-state index contributed by atoms with van der Waals surface area (Å²) in [6, 6.07) is 5.95. The van der Waals surface area contributed by atoms with Gasteiger partial charge in [-0.2, -0.15) is 5.10 Å². The van der Waals surface area contributed by atoms with Crippen LogP contribution in [0.15, 0.2) is 34.9 Å². The highest BCUT2D eigenvalue weighted by Crippen LogP contribution is 2.26. The van der Waals surface area contributed by atoms with Gasteiger partial charge in [0.2, 0.25) is 5.88 Å². The molecule has 0 bridgehead atoms. The Morgan fingerprint density at radius 3 is 2.88 bits per heavy atom. The van der Waals surface area contributed by atoms with E-state index >= 15 is 0 Å². The summed E-state index contributed by atoms with van der Waals surface area (Å²) in [5, 5.41) is 7.51. The predicted molar refractivity (Wildman–Crippen MR) is 64.1 cm³/mol. The monoisotopic (exact) mass is 297 g/mol. The van der Waals surface area contributed by atoms with E-state index in [-0.39, 0.29) is 12.4 Å². The van der Waals surface area contributed by atoms with Crippen LogP contribution >= 0.6 is 15.9 Å². The van der Waals surface area contributed by atoms with Crippen molar-refractivity contribution in [1.29, 1.82) is 0 Å². The summed E-state index contributed by atoms with van der Waals surface area (Å²) in [6.07, 6.45) is 1.52. The maximum Gasteiger partial charge on any atom is 0.243 e. The molecule has 6 heteroatoms. The van der Waals surface area contributed by atoms with Crippen molar-refractivity contribution >= 4 is 15.9 Å². The molecule has 0 amide bonds. The minimum absolute atomic E-state index is 0.279. The molecule has 1 heterocycles. The summed E-state index contributed by atoms with van der Waals surface area (Å²) in [5.41, 5.74) is 6.24. The molecule has 1 aromatic carbocycles. The number of nitrogens with zero attached hydrogens (tertiary/aromatic N) is 2. The van der Waals surface area contributed by atoms with E-state index in [4.69, 9.17) is 10.5 Å². The number of rotatable bonds is 3. The van der Waals surface area contributed by atoms with Crippen LogP contribution in [0.3, 0.4) is 0 Å². The minimum Gasteiger partial charge on any atom is -0.437 e. The first kappa shape index (κ1) is 11.9. The van der Waals surface area contributed by atoms with Gasteiger partial charge in [-0.3, -0.25) is 0 Å². The second kappa shape index (κ2) is 5.20. The molecule has 2 aromatic rings. The molecule has 0 spiro atoms. The van der Waals surface area contributed by atoms with Crippen LogP contribution in [-0.4, -0.2) is 10.2 Å². The van der Waals surface area contributed by atoms with Gasteiger partial charge in [0.05, 0.1) is 6.20 Å². The van der Waals surface area contributed by atoms with E-state index in [9.17, 15) is 4.39 Å². The molecule has 0 unspecified atom stereocenters. The van der Waals surface area contributed by atoms with E-state index < -0.39 is 5.82 Å². The molecular formula is C11H9BrFN3O. The van der Waals surface area contributed by atoms with E-state index in [0.29, 0.717) is 15.8 Å². The van der Waals surface area contributed by atoms with Gasteiger partial charge in [-0.1, -0.05) is 15.9 Å². The van der Waals surface area contributed by atoms with Crippen LogP contribution < -0.4 is 10.5 Å². The average molecular weight is 298 g/mol. The quantitative estimate of drug-likeness (QED) is 0.946. The van der Waals surface area contributed by atoms with Crippen LogP contribution in [0.1, 0.15) is 5.56 Å². The summed E-state index contributed by atoms with van der Waals surface area (Å²) in [6.45, 7) is 0.279. The number of nitrogens with two attached hydrogens (primary N) is 1. The number of aromatic nitrogens is 2. The van der Waals surface area contributed by atoms with Crippen molar-refractivity contribution in [2.24, 2.45) is 5.73 Å². The Morgan fingerprint density at radius 2 is 2.18 bits per heavy atom. The van der Waals surface area contributed by atoms with E-state index in [1.165, 1.54) is 18.3 Å². The Hall–Kier alpha value is -1.53. The van der Waals surface area contributed by atoms with Gasteiger partial charge >= 0.3 is 0 Å². The fraction of sp³-hybridized carbons (Fsp3) is 0.0909. The Balaban J connectivity index is 2.31. The molecule has 0 aliphatic carbocycles. The lowest BCUT2D eigenvalue weighted by atomic mass is 10.3. The molecule has 0 aliphatic heterocycles. The molecule has 0 fully saturated rings. The lowest BCUT2D eigenvalue weighted by Crippen LogP contribution is -2.02. The van der Waals surface area contributed by atoms with Gasteiger partial charge in [0.25, 0.3) is 0 Å². The topological polar surface area (TPSA) is 61.0 Å². The molecule has 88 valence electrons. The highest BCUT2D eigenvalue weighted by Gasteiger charge is 2.07. The molecular weight excluding hydrogens is 289 g/mol. The van der Waals surface area contributed by atoms with Gasteiger partial charge in [0, 0.05) is 22.6 Å². The van der Waals surface area contributed by atoms with Gasteiger partial charge in [-0.25, -0.2) is 4.39 Å². The van der Waals surface area contributed by atoms with Crippen molar-refractivity contribution < 1.29 is 9.13 Å². The predicted octanol–water partition coefficient (Wildman–Crippen LogP) is 2.63. The van der Waals surface area contributed by atoms with Crippen molar-refractivity contribution in [3.8, 4) is 11.6 Å². The fourth-order valence-electron chi connectivity index (χ4n) is 1.28. The molecule has 0 saturated heterocycles. The summed E-state index contributed by atoms with van der Waals surface area (Å²) in [4.78, 5) is 0. The first-order valence-corrected chi connectivity index (χ1v) is 5.63. The summed E-state index contributed by atoms with van der Waals surface area (Å²) in [5.74, 6) is 0.229. The van der Waals surface area contributed by atoms with Gasteiger partial charge in [-0.15, -0.1) is 5.10 Å². The van der Waals surface area contributed by atoms with Gasteiger partial charge in [0.1, 0.15) is 11.6 Å². The molecule has 1 aromatic heterocycles. The Bertz CT molecular complexity index is 516. The van der Waals surface area contributed by atoms with E-state index in [0.717, 1.165) is 0 Å². The largest absolute Gasteiger partial charge is 0.437 e. The lowest BCUT2D eigenvalue weighted by molar-refractivity contribution is 0.444. The molecule has 2 N–H and O–H groups in total. The van der Waals surface area contributed by atoms with E-state index in [2.05, 4.69) is 26.1 Å². The lowest BCUT2D eigenvalue weighted by Gasteiger charge is -2.07.